The number of fused-ring (bicyclic) bond motifs is 1. The monoisotopic (exact) mass is 650 g/mol. The predicted octanol–water partition coefficient (Wildman–Crippen LogP) is 11.0. The maximum absolute atomic E-state index is 5.73. The van der Waals surface area contributed by atoms with Crippen LogP contribution >= 0.6 is 0 Å². The van der Waals surface area contributed by atoms with E-state index in [1.54, 1.807) is 12.4 Å². The minimum absolute atomic E-state index is 0.267. The van der Waals surface area contributed by atoms with Crippen molar-refractivity contribution in [2.24, 2.45) is 5.10 Å². The lowest BCUT2D eigenvalue weighted by atomic mass is 9.92. The Morgan fingerprint density at radius 1 is 0.490 bits per heavy atom. The molecule has 6 rings (SSSR count). The van der Waals surface area contributed by atoms with Gasteiger partial charge in [0.2, 0.25) is 5.62 Å². The normalized spacial score (nSPS) is 11.8. The van der Waals surface area contributed by atoms with Crippen LogP contribution in [0.4, 0.5) is 11.4 Å². The molecule has 0 spiro atoms. The first-order chi connectivity index (χ1) is 23.5. The van der Waals surface area contributed by atoms with Crippen molar-refractivity contribution in [3.63, 3.8) is 0 Å². The molecule has 0 unspecified atom stereocenters. The molecule has 0 N–H and O–H groups in total. The molecule has 2 heterocycles. The van der Waals surface area contributed by atoms with E-state index in [4.69, 9.17) is 15.1 Å². The molecule has 6 heteroatoms. The van der Waals surface area contributed by atoms with Crippen LogP contribution in [0.5, 0.6) is 0 Å². The van der Waals surface area contributed by atoms with E-state index < -0.39 is 0 Å². The van der Waals surface area contributed by atoms with Crippen molar-refractivity contribution in [2.45, 2.75) is 92.9 Å². The smallest absolute Gasteiger partial charge is 0.240 e. The number of hydrogen-bond acceptors (Lipinski definition) is 4. The summed E-state index contributed by atoms with van der Waals surface area (Å²) in [5, 5.41) is 7.80. The Labute approximate surface area is 291 Å². The molecule has 0 amide bonds. The summed E-state index contributed by atoms with van der Waals surface area (Å²) in [4.78, 5) is 10.2. The number of aryl methyl sites for hydroxylation is 2. The van der Waals surface area contributed by atoms with E-state index >= 15 is 0 Å². The maximum Gasteiger partial charge on any atom is 0.240 e. The number of para-hydroxylation sites is 2. The molecule has 0 aliphatic heterocycles. The second kappa shape index (κ2) is 13.9. The fourth-order valence-electron chi connectivity index (χ4n) is 6.70. The van der Waals surface area contributed by atoms with Crippen LogP contribution in [0.25, 0.3) is 22.7 Å². The molecule has 4 aromatic carbocycles. The summed E-state index contributed by atoms with van der Waals surface area (Å²) in [6.07, 6.45) is 3.60. The molecule has 0 aliphatic carbocycles. The van der Waals surface area contributed by atoms with Crippen molar-refractivity contribution >= 4 is 22.7 Å². The highest BCUT2D eigenvalue weighted by atomic mass is 15.5. The molecule has 0 saturated heterocycles. The van der Waals surface area contributed by atoms with Gasteiger partial charge in [-0.25, -0.2) is 15.0 Å². The summed E-state index contributed by atoms with van der Waals surface area (Å²) in [7, 11) is 0. The predicted molar refractivity (Wildman–Crippen MR) is 205 cm³/mol. The topological polar surface area (TPSA) is 51.2 Å². The third kappa shape index (κ3) is 6.44. The quantitative estimate of drug-likeness (QED) is 0.146. The van der Waals surface area contributed by atoms with Crippen LogP contribution in [-0.4, -0.2) is 19.1 Å². The Morgan fingerprint density at radius 2 is 0.816 bits per heavy atom. The number of rotatable bonds is 9. The fraction of sp³-hybridized carbons (Fsp3) is 0.326. The summed E-state index contributed by atoms with van der Waals surface area (Å²) in [6.45, 7) is 22.4. The highest BCUT2D eigenvalue weighted by Crippen LogP contribution is 2.36. The Kier molecular flexibility index (Phi) is 9.60. The molecule has 6 aromatic rings. The second-order valence-corrected chi connectivity index (χ2v) is 14.4. The number of hydrogen-bond donors (Lipinski definition) is 0. The van der Waals surface area contributed by atoms with Gasteiger partial charge in [0, 0.05) is 12.4 Å². The lowest BCUT2D eigenvalue weighted by Gasteiger charge is -2.24. The zero-order valence-corrected chi connectivity index (χ0v) is 30.7. The molecule has 0 fully saturated rings. The Morgan fingerprint density at radius 3 is 1.12 bits per heavy atom. The van der Waals surface area contributed by atoms with E-state index in [9.17, 15) is 0 Å². The van der Waals surface area contributed by atoms with Crippen molar-refractivity contribution in [3.05, 3.63) is 136 Å². The highest BCUT2D eigenvalue weighted by Gasteiger charge is 2.27. The average molecular weight is 651 g/mol. The lowest BCUT2D eigenvalue weighted by Crippen LogP contribution is -2.31. The van der Waals surface area contributed by atoms with Crippen LogP contribution in [-0.2, 0) is 0 Å². The van der Waals surface area contributed by atoms with Crippen LogP contribution in [0, 0.1) is 13.8 Å². The first-order valence-corrected chi connectivity index (χ1v) is 17.7. The van der Waals surface area contributed by atoms with E-state index in [0.717, 1.165) is 39.7 Å². The van der Waals surface area contributed by atoms with E-state index in [1.165, 1.54) is 33.4 Å². The zero-order chi connectivity index (χ0) is 35.0. The van der Waals surface area contributed by atoms with E-state index in [2.05, 4.69) is 168 Å². The third-order valence-electron chi connectivity index (χ3n) is 9.36. The average Bonchev–Trinajstić information content (AvgIpc) is 3.40. The molecule has 2 aromatic heterocycles. The molecule has 6 nitrogen and oxygen atoms in total. The summed E-state index contributed by atoms with van der Waals surface area (Å²) in [6, 6.07) is 30.6. The van der Waals surface area contributed by atoms with Gasteiger partial charge >= 0.3 is 0 Å². The van der Waals surface area contributed by atoms with Crippen LogP contribution in [0.2, 0.25) is 0 Å². The number of aromatic nitrogens is 4. The van der Waals surface area contributed by atoms with Crippen molar-refractivity contribution < 1.29 is 0 Å². The van der Waals surface area contributed by atoms with Crippen LogP contribution in [0.3, 0.4) is 0 Å². The molecule has 0 radical (unpaired) electrons. The Hall–Kier alpha value is -4.97. The summed E-state index contributed by atoms with van der Waals surface area (Å²) < 4.78 is 4.56. The standard InChI is InChI=1S/C43H50N6/c1-27(2)35-13-11-14-36(28(3)4)39(35)47-41-42(45-26-25-44-41)48(40-37(29(5)6)15-12-16-38(40)30(7)8)43(47)46-49(33-21-17-31(9)18-22-33)34-23-19-32(10)20-24-34/h11-30H,1-10H3. The number of anilines is 2. The van der Waals surface area contributed by atoms with Gasteiger partial charge in [-0.15, -0.1) is 5.10 Å². The molecule has 0 atom stereocenters. The molecule has 252 valence electrons. The fourth-order valence-corrected chi connectivity index (χ4v) is 6.70. The van der Waals surface area contributed by atoms with Crippen molar-refractivity contribution in [1.82, 2.24) is 19.1 Å². The zero-order valence-electron chi connectivity index (χ0n) is 30.7. The van der Waals surface area contributed by atoms with Gasteiger partial charge in [-0.3, -0.25) is 9.13 Å². The number of imidazole rings is 1. The Balaban J connectivity index is 1.90. The molecular weight excluding hydrogens is 601 g/mol. The van der Waals surface area contributed by atoms with Gasteiger partial charge in [0.15, 0.2) is 11.3 Å². The summed E-state index contributed by atoms with van der Waals surface area (Å²) >= 11 is 0. The Bertz CT molecular complexity index is 1940. The van der Waals surface area contributed by atoms with Crippen LogP contribution in [0.1, 0.15) is 112 Å². The van der Waals surface area contributed by atoms with Gasteiger partial charge in [0.25, 0.3) is 0 Å². The molecule has 0 bridgehead atoms. The largest absolute Gasteiger partial charge is 0.259 e. The first-order valence-electron chi connectivity index (χ1n) is 17.7. The summed E-state index contributed by atoms with van der Waals surface area (Å²) in [5.74, 6) is 1.07. The molecule has 0 saturated carbocycles. The molecule has 0 aliphatic rings. The first kappa shape index (κ1) is 33.9. The molecule has 49 heavy (non-hydrogen) atoms. The number of nitrogens with zero attached hydrogens (tertiary/aromatic N) is 6. The maximum atomic E-state index is 5.73. The van der Waals surface area contributed by atoms with Crippen LogP contribution < -0.4 is 10.6 Å². The third-order valence-corrected chi connectivity index (χ3v) is 9.36. The minimum Gasteiger partial charge on any atom is -0.259 e. The van der Waals surface area contributed by atoms with Gasteiger partial charge < -0.3 is 0 Å². The van der Waals surface area contributed by atoms with Gasteiger partial charge in [0.05, 0.1) is 22.7 Å². The SMILES string of the molecule is Cc1ccc(N(N=c2n(-c3c(C(C)C)cccc3C(C)C)c3nccnc3n2-c2c(C(C)C)cccc2C(C)C)c2ccc(C)cc2)cc1. The molecular formula is C43H50N6. The van der Waals surface area contributed by atoms with Crippen molar-refractivity contribution in [1.29, 1.82) is 0 Å². The lowest BCUT2D eigenvalue weighted by molar-refractivity contribution is 0.753. The van der Waals surface area contributed by atoms with Crippen molar-refractivity contribution in [2.75, 3.05) is 5.01 Å². The van der Waals surface area contributed by atoms with E-state index in [-0.39, 0.29) is 23.7 Å². The van der Waals surface area contributed by atoms with E-state index in [0.29, 0.717) is 0 Å². The summed E-state index contributed by atoms with van der Waals surface area (Å²) in [5.41, 5.74) is 13.9. The van der Waals surface area contributed by atoms with E-state index in [1.807, 2.05) is 0 Å². The minimum atomic E-state index is 0.267. The number of benzene rings is 4. The second-order valence-electron chi connectivity index (χ2n) is 14.4. The van der Waals surface area contributed by atoms with Gasteiger partial charge in [-0.2, -0.15) is 0 Å². The highest BCUT2D eigenvalue weighted by molar-refractivity contribution is 5.75. The van der Waals surface area contributed by atoms with Gasteiger partial charge in [0.1, 0.15) is 0 Å². The van der Waals surface area contributed by atoms with Gasteiger partial charge in [-0.05, 0) is 84.0 Å². The van der Waals surface area contributed by atoms with Crippen molar-refractivity contribution in [3.8, 4) is 11.4 Å². The van der Waals surface area contributed by atoms with Gasteiger partial charge in [-0.1, -0.05) is 127 Å². The van der Waals surface area contributed by atoms with Crippen LogP contribution in [0.15, 0.2) is 102 Å².